The Morgan fingerprint density at radius 1 is 1.03 bits per heavy atom. The number of carbonyl (C=O) groups excluding carboxylic acids is 1. The lowest BCUT2D eigenvalue weighted by atomic mass is 10.1. The first-order valence-electron chi connectivity index (χ1n) is 11.6. The molecule has 1 N–H and O–H groups in total. The molecular weight excluding hydrogens is 442 g/mol. The average Bonchev–Trinajstić information content (AvgIpc) is 3.26. The summed E-state index contributed by atoms with van der Waals surface area (Å²) in [5.74, 6) is 1.32. The first-order chi connectivity index (χ1) is 15.9. The van der Waals surface area contributed by atoms with Crippen LogP contribution in [0.4, 0.5) is 0 Å². The fraction of sp³-hybridized carbons (Fsp3) is 0.542. The predicted molar refractivity (Wildman–Crippen MR) is 125 cm³/mol. The number of hydrogen-bond acceptors (Lipinski definition) is 6. The molecular formula is C24H33N3O5S. The quantitative estimate of drug-likeness (QED) is 0.662. The van der Waals surface area contributed by atoms with E-state index in [-0.39, 0.29) is 16.8 Å². The molecule has 1 aromatic heterocycles. The van der Waals surface area contributed by atoms with Crippen molar-refractivity contribution in [3.8, 4) is 0 Å². The molecule has 9 heteroatoms. The lowest BCUT2D eigenvalue weighted by Crippen LogP contribution is -2.43. The summed E-state index contributed by atoms with van der Waals surface area (Å²) in [5, 5.41) is 2.99. The Bertz CT molecular complexity index is 1070. The second-order valence-corrected chi connectivity index (χ2v) is 10.7. The predicted octanol–water partition coefficient (Wildman–Crippen LogP) is 2.87. The Balaban J connectivity index is 1.51. The van der Waals surface area contributed by atoms with Crippen molar-refractivity contribution in [2.45, 2.75) is 44.0 Å². The molecule has 0 saturated carbocycles. The smallest absolute Gasteiger partial charge is 0.251 e. The average molecular weight is 476 g/mol. The summed E-state index contributed by atoms with van der Waals surface area (Å²) in [6.07, 6.45) is 2.79. The van der Waals surface area contributed by atoms with Crippen LogP contribution in [0.2, 0.25) is 0 Å². The Morgan fingerprint density at radius 2 is 1.76 bits per heavy atom. The number of amides is 1. The van der Waals surface area contributed by atoms with Crippen molar-refractivity contribution in [3.05, 3.63) is 53.0 Å². The van der Waals surface area contributed by atoms with Crippen molar-refractivity contribution >= 4 is 15.9 Å². The molecule has 3 heterocycles. The first-order valence-corrected chi connectivity index (χ1v) is 13.1. The lowest BCUT2D eigenvalue weighted by Gasteiger charge is -2.33. The number of sulfonamides is 1. The van der Waals surface area contributed by atoms with Crippen LogP contribution in [-0.2, 0) is 14.8 Å². The number of piperidine rings is 1. The molecule has 2 aliphatic heterocycles. The largest absolute Gasteiger partial charge is 0.465 e. The van der Waals surface area contributed by atoms with Gasteiger partial charge in [-0.15, -0.1) is 0 Å². The zero-order valence-corrected chi connectivity index (χ0v) is 20.2. The van der Waals surface area contributed by atoms with E-state index < -0.39 is 10.0 Å². The van der Waals surface area contributed by atoms with Crippen molar-refractivity contribution < 1.29 is 22.4 Å². The van der Waals surface area contributed by atoms with Gasteiger partial charge in [-0.2, -0.15) is 4.31 Å². The number of nitrogens with one attached hydrogen (secondary N) is 1. The third-order valence-corrected chi connectivity index (χ3v) is 8.46. The summed E-state index contributed by atoms with van der Waals surface area (Å²) in [5.41, 5.74) is 0.988. The zero-order valence-electron chi connectivity index (χ0n) is 19.4. The summed E-state index contributed by atoms with van der Waals surface area (Å²) in [4.78, 5) is 15.5. The van der Waals surface area contributed by atoms with E-state index in [2.05, 4.69) is 10.2 Å². The number of nitrogens with zero attached hydrogens (tertiary/aromatic N) is 2. The highest BCUT2D eigenvalue weighted by Gasteiger charge is 2.29. The molecule has 2 aromatic rings. The number of ether oxygens (including phenoxy) is 1. The van der Waals surface area contributed by atoms with Crippen molar-refractivity contribution in [1.29, 1.82) is 0 Å². The normalized spacial score (nSPS) is 19.3. The molecule has 8 nitrogen and oxygen atoms in total. The topological polar surface area (TPSA) is 92.1 Å². The monoisotopic (exact) mass is 475 g/mol. The van der Waals surface area contributed by atoms with Gasteiger partial charge in [-0.1, -0.05) is 12.5 Å². The molecule has 33 heavy (non-hydrogen) atoms. The maximum absolute atomic E-state index is 13.2. The number of morpholine rings is 1. The van der Waals surface area contributed by atoms with Crippen LogP contribution in [0.3, 0.4) is 0 Å². The van der Waals surface area contributed by atoms with E-state index in [4.69, 9.17) is 9.15 Å². The maximum Gasteiger partial charge on any atom is 0.251 e. The molecule has 1 atom stereocenters. The van der Waals surface area contributed by atoms with Crippen molar-refractivity contribution in [2.24, 2.45) is 0 Å². The van der Waals surface area contributed by atoms with Gasteiger partial charge in [0.1, 0.15) is 11.5 Å². The van der Waals surface area contributed by atoms with Gasteiger partial charge in [0.15, 0.2) is 0 Å². The van der Waals surface area contributed by atoms with E-state index in [0.717, 1.165) is 43.9 Å². The lowest BCUT2D eigenvalue weighted by molar-refractivity contribution is 0.0117. The zero-order chi connectivity index (χ0) is 23.4. The molecule has 0 radical (unpaired) electrons. The van der Waals surface area contributed by atoms with Gasteiger partial charge in [0.05, 0.1) is 24.2 Å². The minimum absolute atomic E-state index is 0.117. The van der Waals surface area contributed by atoms with Gasteiger partial charge in [0.25, 0.3) is 5.91 Å². The van der Waals surface area contributed by atoms with E-state index >= 15 is 0 Å². The molecule has 2 aliphatic rings. The number of rotatable bonds is 7. The number of aryl methyl sites for hydroxylation is 2. The third kappa shape index (κ3) is 5.48. The van der Waals surface area contributed by atoms with Crippen LogP contribution in [0.1, 0.15) is 52.7 Å². The number of carbonyl (C=O) groups is 1. The molecule has 4 rings (SSSR count). The van der Waals surface area contributed by atoms with Gasteiger partial charge in [0.2, 0.25) is 10.0 Å². The Kier molecular flexibility index (Phi) is 7.53. The minimum Gasteiger partial charge on any atom is -0.465 e. The van der Waals surface area contributed by atoms with E-state index in [0.29, 0.717) is 44.0 Å². The van der Waals surface area contributed by atoms with E-state index in [1.54, 1.807) is 19.1 Å². The van der Waals surface area contributed by atoms with Crippen LogP contribution in [0, 0.1) is 13.8 Å². The summed E-state index contributed by atoms with van der Waals surface area (Å²) >= 11 is 0. The van der Waals surface area contributed by atoms with Crippen LogP contribution >= 0.6 is 0 Å². The number of benzene rings is 1. The van der Waals surface area contributed by atoms with Crippen molar-refractivity contribution in [2.75, 3.05) is 45.9 Å². The maximum atomic E-state index is 13.2. The molecule has 0 spiro atoms. The van der Waals surface area contributed by atoms with Gasteiger partial charge in [-0.05, 0) is 56.5 Å². The van der Waals surface area contributed by atoms with Crippen LogP contribution in [0.25, 0.3) is 0 Å². The second kappa shape index (κ2) is 10.4. The molecule has 2 fully saturated rings. The molecule has 2 saturated heterocycles. The Labute approximate surface area is 195 Å². The van der Waals surface area contributed by atoms with E-state index in [1.165, 1.54) is 10.4 Å². The first kappa shape index (κ1) is 23.9. The van der Waals surface area contributed by atoms with Gasteiger partial charge >= 0.3 is 0 Å². The van der Waals surface area contributed by atoms with Gasteiger partial charge in [-0.3, -0.25) is 9.69 Å². The van der Waals surface area contributed by atoms with Gasteiger partial charge < -0.3 is 14.5 Å². The fourth-order valence-electron chi connectivity index (χ4n) is 4.49. The van der Waals surface area contributed by atoms with Gasteiger partial charge in [0, 0.05) is 38.3 Å². The second-order valence-electron chi connectivity index (χ2n) is 8.77. The van der Waals surface area contributed by atoms with Crippen LogP contribution in [0.5, 0.6) is 0 Å². The van der Waals surface area contributed by atoms with Gasteiger partial charge in [-0.25, -0.2) is 8.42 Å². The SMILES string of the molecule is Cc1ccc(C(CNC(=O)c2ccc(C)c(S(=O)(=O)N3CCCCC3)c2)N2CCOCC2)o1. The molecule has 180 valence electrons. The summed E-state index contributed by atoms with van der Waals surface area (Å²) in [6, 6.07) is 8.64. The Hall–Kier alpha value is -2.20. The summed E-state index contributed by atoms with van der Waals surface area (Å²) < 4.78 is 39.3. The molecule has 1 amide bonds. The summed E-state index contributed by atoms with van der Waals surface area (Å²) in [7, 11) is -3.62. The number of furan rings is 1. The van der Waals surface area contributed by atoms with Crippen LogP contribution < -0.4 is 5.32 Å². The molecule has 1 unspecified atom stereocenters. The number of hydrogen-bond donors (Lipinski definition) is 1. The fourth-order valence-corrected chi connectivity index (χ4v) is 6.25. The molecule has 0 aliphatic carbocycles. The minimum atomic E-state index is -3.62. The Morgan fingerprint density at radius 3 is 2.42 bits per heavy atom. The van der Waals surface area contributed by atoms with E-state index in [9.17, 15) is 13.2 Å². The highest BCUT2D eigenvalue weighted by atomic mass is 32.2. The standard InChI is InChI=1S/C24H33N3O5S/c1-18-6-8-20(16-23(18)33(29,30)27-10-4-3-5-11-27)24(28)25-17-21(22-9-7-19(2)32-22)26-12-14-31-15-13-26/h6-9,16,21H,3-5,10-15,17H2,1-2H3,(H,25,28). The third-order valence-electron chi connectivity index (χ3n) is 6.42. The van der Waals surface area contributed by atoms with Crippen LogP contribution in [-0.4, -0.2) is 69.5 Å². The van der Waals surface area contributed by atoms with E-state index in [1.807, 2.05) is 19.1 Å². The highest BCUT2D eigenvalue weighted by molar-refractivity contribution is 7.89. The van der Waals surface area contributed by atoms with Crippen molar-refractivity contribution in [1.82, 2.24) is 14.5 Å². The molecule has 0 bridgehead atoms. The summed E-state index contributed by atoms with van der Waals surface area (Å²) in [6.45, 7) is 7.87. The highest BCUT2D eigenvalue weighted by Crippen LogP contribution is 2.26. The van der Waals surface area contributed by atoms with Crippen LogP contribution in [0.15, 0.2) is 39.6 Å². The van der Waals surface area contributed by atoms with Crippen molar-refractivity contribution in [3.63, 3.8) is 0 Å². The molecule has 1 aromatic carbocycles.